The van der Waals surface area contributed by atoms with Gasteiger partial charge in [0.05, 0.1) is 14.2 Å². The lowest BCUT2D eigenvalue weighted by molar-refractivity contribution is 0.355. The lowest BCUT2D eigenvalue weighted by Gasteiger charge is -2.07. The standard InChI is InChI=1S/C19H18N4O3S2/c1-9-10(2)27-17-15(9)18(21-11(3)20-17)28-19-23-22-16(26-19)12-6-7-13(24-4)14(8-12)25-5/h6-8H,1-5H3. The highest BCUT2D eigenvalue weighted by molar-refractivity contribution is 7.99. The number of hydrogen-bond donors (Lipinski definition) is 0. The predicted octanol–water partition coefficient (Wildman–Crippen LogP) is 4.83. The Morgan fingerprint density at radius 3 is 2.54 bits per heavy atom. The van der Waals surface area contributed by atoms with Gasteiger partial charge in [0.25, 0.3) is 5.22 Å². The van der Waals surface area contributed by atoms with E-state index in [9.17, 15) is 0 Å². The van der Waals surface area contributed by atoms with Gasteiger partial charge in [-0.05, 0) is 56.3 Å². The van der Waals surface area contributed by atoms with Crippen molar-refractivity contribution in [3.63, 3.8) is 0 Å². The molecule has 0 spiro atoms. The minimum Gasteiger partial charge on any atom is -0.493 e. The van der Waals surface area contributed by atoms with Crippen LogP contribution < -0.4 is 9.47 Å². The topological polar surface area (TPSA) is 83.2 Å². The third-order valence-corrected chi connectivity index (χ3v) is 6.26. The summed E-state index contributed by atoms with van der Waals surface area (Å²) in [6, 6.07) is 5.46. The van der Waals surface area contributed by atoms with Crippen LogP contribution in [0, 0.1) is 20.8 Å². The Balaban J connectivity index is 1.69. The molecule has 9 heteroatoms. The fourth-order valence-corrected chi connectivity index (χ4v) is 4.84. The summed E-state index contributed by atoms with van der Waals surface area (Å²) in [6.45, 7) is 6.06. The molecule has 4 aromatic rings. The summed E-state index contributed by atoms with van der Waals surface area (Å²) in [5, 5.41) is 10.6. The SMILES string of the molecule is COc1ccc(-c2nnc(Sc3nc(C)nc4sc(C)c(C)c34)o2)cc1OC. The predicted molar refractivity (Wildman–Crippen MR) is 109 cm³/mol. The van der Waals surface area contributed by atoms with Gasteiger partial charge in [0.15, 0.2) is 11.5 Å². The van der Waals surface area contributed by atoms with E-state index in [1.54, 1.807) is 37.7 Å². The smallest absolute Gasteiger partial charge is 0.283 e. The highest BCUT2D eigenvalue weighted by Crippen LogP contribution is 2.38. The number of aromatic nitrogens is 4. The number of rotatable bonds is 5. The maximum Gasteiger partial charge on any atom is 0.283 e. The van der Waals surface area contributed by atoms with Crippen LogP contribution in [0.15, 0.2) is 32.9 Å². The van der Waals surface area contributed by atoms with Crippen LogP contribution in [0.4, 0.5) is 0 Å². The number of thiophene rings is 1. The molecule has 3 aromatic heterocycles. The van der Waals surface area contributed by atoms with E-state index >= 15 is 0 Å². The highest BCUT2D eigenvalue weighted by Gasteiger charge is 2.18. The minimum atomic E-state index is 0.406. The summed E-state index contributed by atoms with van der Waals surface area (Å²) in [5.41, 5.74) is 1.94. The van der Waals surface area contributed by atoms with Crippen molar-refractivity contribution in [3.05, 3.63) is 34.5 Å². The average molecular weight is 415 g/mol. The second-order valence-electron chi connectivity index (χ2n) is 6.08. The second-order valence-corrected chi connectivity index (χ2v) is 8.23. The molecule has 0 fully saturated rings. The van der Waals surface area contributed by atoms with Crippen molar-refractivity contribution in [1.82, 2.24) is 20.2 Å². The first-order valence-corrected chi connectivity index (χ1v) is 10.1. The Bertz CT molecular complexity index is 1170. The highest BCUT2D eigenvalue weighted by atomic mass is 32.2. The number of methoxy groups -OCH3 is 2. The third kappa shape index (κ3) is 3.31. The fraction of sp³-hybridized carbons (Fsp3) is 0.263. The van der Waals surface area contributed by atoms with Crippen LogP contribution in [0.3, 0.4) is 0 Å². The van der Waals surface area contributed by atoms with Gasteiger partial charge in [-0.3, -0.25) is 0 Å². The van der Waals surface area contributed by atoms with Crippen LogP contribution in [0.5, 0.6) is 11.5 Å². The summed E-state index contributed by atoms with van der Waals surface area (Å²) < 4.78 is 16.5. The second kappa shape index (κ2) is 7.40. The van der Waals surface area contributed by atoms with E-state index < -0.39 is 0 Å². The number of benzene rings is 1. The number of aryl methyl sites for hydroxylation is 3. The van der Waals surface area contributed by atoms with Crippen LogP contribution >= 0.6 is 23.1 Å². The maximum atomic E-state index is 5.87. The molecule has 0 aliphatic rings. The molecule has 0 N–H and O–H groups in total. The van der Waals surface area contributed by atoms with Gasteiger partial charge in [-0.15, -0.1) is 21.5 Å². The van der Waals surface area contributed by atoms with Crippen molar-refractivity contribution < 1.29 is 13.9 Å². The molecule has 0 aliphatic carbocycles. The van der Waals surface area contributed by atoms with Crippen LogP contribution in [0.25, 0.3) is 21.7 Å². The summed E-state index contributed by atoms with van der Waals surface area (Å²) in [5.74, 6) is 2.37. The Kier molecular flexibility index (Phi) is 4.94. The molecule has 0 unspecified atom stereocenters. The van der Waals surface area contributed by atoms with Crippen LogP contribution in [-0.2, 0) is 0 Å². The molecular formula is C19H18N4O3S2. The van der Waals surface area contributed by atoms with E-state index in [2.05, 4.69) is 34.0 Å². The molecule has 4 rings (SSSR count). The summed E-state index contributed by atoms with van der Waals surface area (Å²) in [6.07, 6.45) is 0. The Morgan fingerprint density at radius 2 is 1.79 bits per heavy atom. The van der Waals surface area contributed by atoms with E-state index in [0.717, 1.165) is 26.6 Å². The molecule has 0 atom stereocenters. The lowest BCUT2D eigenvalue weighted by atomic mass is 10.2. The van der Waals surface area contributed by atoms with Gasteiger partial charge in [-0.1, -0.05) is 0 Å². The first kappa shape index (κ1) is 18.7. The Morgan fingerprint density at radius 1 is 1.00 bits per heavy atom. The molecule has 28 heavy (non-hydrogen) atoms. The van der Waals surface area contributed by atoms with Crippen molar-refractivity contribution in [2.24, 2.45) is 0 Å². The quantitative estimate of drug-likeness (QED) is 0.429. The van der Waals surface area contributed by atoms with E-state index in [0.29, 0.717) is 22.6 Å². The zero-order valence-corrected chi connectivity index (χ0v) is 17.7. The summed E-state index contributed by atoms with van der Waals surface area (Å²) in [7, 11) is 3.18. The van der Waals surface area contributed by atoms with E-state index in [1.807, 2.05) is 13.0 Å². The van der Waals surface area contributed by atoms with Crippen molar-refractivity contribution >= 4 is 33.3 Å². The van der Waals surface area contributed by atoms with Crippen molar-refractivity contribution in [2.45, 2.75) is 31.0 Å². The van der Waals surface area contributed by atoms with Gasteiger partial charge in [-0.25, -0.2) is 9.97 Å². The van der Waals surface area contributed by atoms with Gasteiger partial charge >= 0.3 is 0 Å². The number of ether oxygens (including phenoxy) is 2. The molecule has 0 aliphatic heterocycles. The zero-order chi connectivity index (χ0) is 19.8. The molecule has 0 bridgehead atoms. The third-order valence-electron chi connectivity index (χ3n) is 4.33. The van der Waals surface area contributed by atoms with E-state index in [1.165, 1.54) is 22.2 Å². The monoisotopic (exact) mass is 414 g/mol. The van der Waals surface area contributed by atoms with Gasteiger partial charge < -0.3 is 13.9 Å². The molecule has 0 amide bonds. The number of nitrogens with zero attached hydrogens (tertiary/aromatic N) is 4. The first-order chi connectivity index (χ1) is 13.5. The minimum absolute atomic E-state index is 0.406. The fourth-order valence-electron chi connectivity index (χ4n) is 2.81. The van der Waals surface area contributed by atoms with Crippen LogP contribution in [0.2, 0.25) is 0 Å². The maximum absolute atomic E-state index is 5.87. The molecule has 0 saturated heterocycles. The molecule has 1 aromatic carbocycles. The summed E-state index contributed by atoms with van der Waals surface area (Å²) in [4.78, 5) is 11.4. The molecule has 144 valence electrons. The van der Waals surface area contributed by atoms with E-state index in [4.69, 9.17) is 13.9 Å². The molecular weight excluding hydrogens is 396 g/mol. The van der Waals surface area contributed by atoms with Crippen molar-refractivity contribution in [2.75, 3.05) is 14.2 Å². The average Bonchev–Trinajstić information content (AvgIpc) is 3.25. The summed E-state index contributed by atoms with van der Waals surface area (Å²) >= 11 is 3.02. The van der Waals surface area contributed by atoms with Gasteiger partial charge in [0.2, 0.25) is 5.89 Å². The number of hydrogen-bond acceptors (Lipinski definition) is 9. The number of fused-ring (bicyclic) bond motifs is 1. The Hall–Kier alpha value is -2.65. The first-order valence-electron chi connectivity index (χ1n) is 8.48. The van der Waals surface area contributed by atoms with Gasteiger partial charge in [0, 0.05) is 15.8 Å². The van der Waals surface area contributed by atoms with Gasteiger partial charge in [0.1, 0.15) is 15.7 Å². The van der Waals surface area contributed by atoms with Crippen LogP contribution in [0.1, 0.15) is 16.3 Å². The normalized spacial score (nSPS) is 11.2. The molecule has 7 nitrogen and oxygen atoms in total. The van der Waals surface area contributed by atoms with Crippen LogP contribution in [-0.4, -0.2) is 34.4 Å². The van der Waals surface area contributed by atoms with Crippen molar-refractivity contribution in [1.29, 1.82) is 0 Å². The Labute approximate surface area is 170 Å². The van der Waals surface area contributed by atoms with E-state index in [-0.39, 0.29) is 0 Å². The largest absolute Gasteiger partial charge is 0.493 e. The molecule has 0 saturated carbocycles. The zero-order valence-electron chi connectivity index (χ0n) is 16.1. The molecule has 3 heterocycles. The lowest BCUT2D eigenvalue weighted by Crippen LogP contribution is -1.91. The molecule has 0 radical (unpaired) electrons. The van der Waals surface area contributed by atoms with Gasteiger partial charge in [-0.2, -0.15) is 0 Å². The van der Waals surface area contributed by atoms with Crippen molar-refractivity contribution in [3.8, 4) is 23.0 Å².